The van der Waals surface area contributed by atoms with Crippen molar-refractivity contribution in [1.29, 1.82) is 5.26 Å². The number of aromatic nitrogens is 2. The van der Waals surface area contributed by atoms with Crippen molar-refractivity contribution in [3.63, 3.8) is 0 Å². The number of hydrogen-bond acceptors (Lipinski definition) is 5. The molecule has 0 fully saturated rings. The Bertz CT molecular complexity index is 658. The van der Waals surface area contributed by atoms with Gasteiger partial charge in [-0.15, -0.1) is 10.2 Å². The summed E-state index contributed by atoms with van der Waals surface area (Å²) in [6.07, 6.45) is 0. The first-order valence-electron chi connectivity index (χ1n) is 6.51. The fourth-order valence-corrected chi connectivity index (χ4v) is 1.77. The van der Waals surface area contributed by atoms with Crippen molar-refractivity contribution in [2.45, 2.75) is 6.92 Å². The lowest BCUT2D eigenvalue weighted by Crippen LogP contribution is -2.27. The van der Waals surface area contributed by atoms with Gasteiger partial charge in [-0.2, -0.15) is 5.26 Å². The number of nitrogens with one attached hydrogen (secondary N) is 1. The van der Waals surface area contributed by atoms with E-state index in [1.165, 1.54) is 4.90 Å². The van der Waals surface area contributed by atoms with Gasteiger partial charge in [0, 0.05) is 19.3 Å². The topological polar surface area (TPSA) is 81.9 Å². The quantitative estimate of drug-likeness (QED) is 0.927. The van der Waals surface area contributed by atoms with Gasteiger partial charge in [-0.25, -0.2) is 0 Å². The van der Waals surface area contributed by atoms with Crippen LogP contribution in [0.15, 0.2) is 36.4 Å². The van der Waals surface area contributed by atoms with Crippen molar-refractivity contribution < 1.29 is 4.79 Å². The number of amides is 1. The summed E-state index contributed by atoms with van der Waals surface area (Å²) < 4.78 is 0. The number of rotatable bonds is 4. The number of carbonyl (C=O) groups excluding carboxylic acids is 1. The maximum atomic E-state index is 12.3. The smallest absolute Gasteiger partial charge is 0.278 e. The lowest BCUT2D eigenvalue weighted by molar-refractivity contribution is 0.0987. The summed E-state index contributed by atoms with van der Waals surface area (Å²) in [5.74, 6) is 0.380. The van der Waals surface area contributed by atoms with E-state index in [1.807, 2.05) is 13.0 Å². The highest BCUT2D eigenvalue weighted by molar-refractivity contribution is 6.04. The van der Waals surface area contributed by atoms with Gasteiger partial charge in [0.25, 0.3) is 5.91 Å². The van der Waals surface area contributed by atoms with Crippen LogP contribution in [-0.2, 0) is 0 Å². The van der Waals surface area contributed by atoms with Crippen LogP contribution in [-0.4, -0.2) is 29.7 Å². The summed E-state index contributed by atoms with van der Waals surface area (Å²) in [7, 11) is 1.66. The molecule has 1 heterocycles. The molecular weight excluding hydrogens is 266 g/mol. The van der Waals surface area contributed by atoms with Crippen LogP contribution in [0.25, 0.3) is 0 Å². The summed E-state index contributed by atoms with van der Waals surface area (Å²) >= 11 is 0. The molecule has 0 saturated carbocycles. The molecule has 1 amide bonds. The van der Waals surface area contributed by atoms with Crippen molar-refractivity contribution >= 4 is 17.4 Å². The van der Waals surface area contributed by atoms with Gasteiger partial charge in [0.2, 0.25) is 0 Å². The highest BCUT2D eigenvalue weighted by atomic mass is 16.2. The van der Waals surface area contributed by atoms with Crippen molar-refractivity contribution in [2.75, 3.05) is 23.8 Å². The van der Waals surface area contributed by atoms with Gasteiger partial charge in [-0.1, -0.05) is 0 Å². The number of nitrogens with zero attached hydrogens (tertiary/aromatic N) is 4. The summed E-state index contributed by atoms with van der Waals surface area (Å²) in [5, 5.41) is 19.7. The van der Waals surface area contributed by atoms with Crippen molar-refractivity contribution in [3.8, 4) is 6.07 Å². The van der Waals surface area contributed by atoms with Crippen LogP contribution < -0.4 is 10.2 Å². The number of hydrogen-bond donors (Lipinski definition) is 1. The Balaban J connectivity index is 2.16. The first-order valence-corrected chi connectivity index (χ1v) is 6.51. The molecule has 21 heavy (non-hydrogen) atoms. The maximum Gasteiger partial charge on any atom is 0.278 e. The normalized spacial score (nSPS) is 9.76. The van der Waals surface area contributed by atoms with Gasteiger partial charge >= 0.3 is 0 Å². The molecule has 6 nitrogen and oxygen atoms in total. The molecule has 2 rings (SSSR count). The van der Waals surface area contributed by atoms with Gasteiger partial charge in [0.15, 0.2) is 5.69 Å². The lowest BCUT2D eigenvalue weighted by atomic mass is 10.2. The zero-order valence-corrected chi connectivity index (χ0v) is 11.9. The summed E-state index contributed by atoms with van der Waals surface area (Å²) in [5.41, 5.74) is 1.51. The average Bonchev–Trinajstić information content (AvgIpc) is 2.54. The Morgan fingerprint density at radius 2 is 1.95 bits per heavy atom. The van der Waals surface area contributed by atoms with Gasteiger partial charge in [0.05, 0.1) is 11.6 Å². The average molecular weight is 281 g/mol. The number of nitriles is 1. The van der Waals surface area contributed by atoms with Crippen LogP contribution in [0.1, 0.15) is 23.0 Å². The molecule has 1 aromatic carbocycles. The Kier molecular flexibility index (Phi) is 4.46. The molecule has 106 valence electrons. The Hall–Kier alpha value is -2.94. The highest BCUT2D eigenvalue weighted by Gasteiger charge is 2.15. The largest absolute Gasteiger partial charge is 0.369 e. The van der Waals surface area contributed by atoms with E-state index >= 15 is 0 Å². The van der Waals surface area contributed by atoms with Crippen LogP contribution in [0.3, 0.4) is 0 Å². The summed E-state index contributed by atoms with van der Waals surface area (Å²) in [6, 6.07) is 12.2. The van der Waals surface area contributed by atoms with E-state index in [1.54, 1.807) is 43.4 Å². The van der Waals surface area contributed by atoms with Crippen LogP contribution in [0.2, 0.25) is 0 Å². The van der Waals surface area contributed by atoms with Crippen LogP contribution in [0.5, 0.6) is 0 Å². The predicted octanol–water partition coefficient (Wildman–Crippen LogP) is 2.06. The van der Waals surface area contributed by atoms with Crippen LogP contribution in [0, 0.1) is 11.3 Å². The van der Waals surface area contributed by atoms with Crippen LogP contribution in [0.4, 0.5) is 11.5 Å². The fourth-order valence-electron chi connectivity index (χ4n) is 1.77. The van der Waals surface area contributed by atoms with E-state index < -0.39 is 0 Å². The second kappa shape index (κ2) is 6.48. The second-order valence-electron chi connectivity index (χ2n) is 4.36. The first-order chi connectivity index (χ1) is 10.2. The molecule has 0 unspecified atom stereocenters. The fraction of sp³-hybridized carbons (Fsp3) is 0.200. The molecule has 0 spiro atoms. The van der Waals surface area contributed by atoms with E-state index in [9.17, 15) is 4.79 Å². The predicted molar refractivity (Wildman–Crippen MR) is 80.1 cm³/mol. The first kappa shape index (κ1) is 14.5. The molecule has 0 aliphatic rings. The molecule has 0 aliphatic heterocycles. The lowest BCUT2D eigenvalue weighted by Gasteiger charge is -2.16. The summed E-state index contributed by atoms with van der Waals surface area (Å²) in [4.78, 5) is 13.8. The molecule has 0 atom stereocenters. The van der Waals surface area contributed by atoms with Gasteiger partial charge in [-0.05, 0) is 43.3 Å². The minimum atomic E-state index is -0.254. The Morgan fingerprint density at radius 1 is 1.24 bits per heavy atom. The van der Waals surface area contributed by atoms with E-state index in [4.69, 9.17) is 5.26 Å². The van der Waals surface area contributed by atoms with E-state index in [-0.39, 0.29) is 11.6 Å². The van der Waals surface area contributed by atoms with Crippen molar-refractivity contribution in [3.05, 3.63) is 47.7 Å². The van der Waals surface area contributed by atoms with Gasteiger partial charge < -0.3 is 10.2 Å². The van der Waals surface area contributed by atoms with E-state index in [2.05, 4.69) is 15.5 Å². The van der Waals surface area contributed by atoms with Crippen LogP contribution >= 0.6 is 0 Å². The van der Waals surface area contributed by atoms with E-state index in [0.717, 1.165) is 6.54 Å². The molecular formula is C15H15N5O. The van der Waals surface area contributed by atoms with Gasteiger partial charge in [-0.3, -0.25) is 4.79 Å². The monoisotopic (exact) mass is 281 g/mol. The Labute approximate surface area is 123 Å². The SMILES string of the molecule is CCNc1ccc(C(=O)N(C)c2ccc(C#N)cc2)nn1. The molecule has 0 saturated heterocycles. The third kappa shape index (κ3) is 3.34. The molecule has 0 bridgehead atoms. The minimum absolute atomic E-state index is 0.254. The van der Waals surface area contributed by atoms with Gasteiger partial charge in [0.1, 0.15) is 5.82 Å². The van der Waals surface area contributed by atoms with Crippen molar-refractivity contribution in [2.24, 2.45) is 0 Å². The van der Waals surface area contributed by atoms with Crippen molar-refractivity contribution in [1.82, 2.24) is 10.2 Å². The van der Waals surface area contributed by atoms with E-state index in [0.29, 0.717) is 17.1 Å². The number of benzene rings is 1. The maximum absolute atomic E-state index is 12.3. The highest BCUT2D eigenvalue weighted by Crippen LogP contribution is 2.15. The molecule has 1 N–H and O–H groups in total. The molecule has 2 aromatic rings. The second-order valence-corrected chi connectivity index (χ2v) is 4.36. The Morgan fingerprint density at radius 3 is 2.48 bits per heavy atom. The third-order valence-corrected chi connectivity index (χ3v) is 2.93. The molecule has 0 radical (unpaired) electrons. The molecule has 1 aromatic heterocycles. The number of anilines is 2. The standard InChI is InChI=1S/C15H15N5O/c1-3-17-14-9-8-13(18-19-14)15(21)20(2)12-6-4-11(10-16)5-7-12/h4-9H,3H2,1-2H3,(H,17,19). The zero-order valence-electron chi connectivity index (χ0n) is 11.9. The molecule has 6 heteroatoms. The molecule has 0 aliphatic carbocycles. The number of carbonyl (C=O) groups is 1. The zero-order chi connectivity index (χ0) is 15.2. The third-order valence-electron chi connectivity index (χ3n) is 2.93. The minimum Gasteiger partial charge on any atom is -0.369 e. The summed E-state index contributed by atoms with van der Waals surface area (Å²) in [6.45, 7) is 2.70.